The van der Waals surface area contributed by atoms with Gasteiger partial charge in [0.25, 0.3) is 5.91 Å². The SMILES string of the molecule is NC(=O)c1nc(-c2[nH]c(-c3c(F)cccc3F)nc2-c2ccccc2)ccc1N. The molecule has 2 aromatic heterocycles. The van der Waals surface area contributed by atoms with E-state index in [1.165, 1.54) is 12.1 Å². The number of rotatable bonds is 4. The van der Waals surface area contributed by atoms with E-state index >= 15 is 0 Å². The molecule has 0 saturated carbocycles. The standard InChI is InChI=1S/C21H15F2N5O/c22-12-7-4-8-13(23)16(12)21-27-17(11-5-2-1-3-6-11)19(28-21)15-10-9-14(24)18(26-15)20(25)29/h1-10H,24H2,(H2,25,29)(H,27,28). The Hall–Kier alpha value is -4.07. The van der Waals surface area contributed by atoms with Gasteiger partial charge in [0, 0.05) is 5.56 Å². The summed E-state index contributed by atoms with van der Waals surface area (Å²) in [6.07, 6.45) is 0. The van der Waals surface area contributed by atoms with E-state index in [9.17, 15) is 13.6 Å². The van der Waals surface area contributed by atoms with Crippen LogP contribution in [0.2, 0.25) is 0 Å². The van der Waals surface area contributed by atoms with Crippen molar-refractivity contribution in [2.24, 2.45) is 5.73 Å². The molecule has 2 heterocycles. The minimum atomic E-state index is -0.787. The summed E-state index contributed by atoms with van der Waals surface area (Å²) in [6.45, 7) is 0. The van der Waals surface area contributed by atoms with Gasteiger partial charge in [-0.1, -0.05) is 36.4 Å². The third kappa shape index (κ3) is 3.31. The Bertz CT molecular complexity index is 1200. The topological polar surface area (TPSA) is 111 Å². The van der Waals surface area contributed by atoms with Crippen molar-refractivity contribution in [3.63, 3.8) is 0 Å². The first kappa shape index (κ1) is 18.3. The number of aromatic nitrogens is 3. The van der Waals surface area contributed by atoms with E-state index in [0.29, 0.717) is 22.6 Å². The van der Waals surface area contributed by atoms with E-state index in [-0.39, 0.29) is 22.8 Å². The smallest absolute Gasteiger partial charge is 0.269 e. The van der Waals surface area contributed by atoms with Crippen LogP contribution in [0.25, 0.3) is 34.0 Å². The van der Waals surface area contributed by atoms with Crippen molar-refractivity contribution in [2.75, 3.05) is 5.73 Å². The van der Waals surface area contributed by atoms with Crippen LogP contribution in [0, 0.1) is 11.6 Å². The highest BCUT2D eigenvalue weighted by Gasteiger charge is 2.21. The van der Waals surface area contributed by atoms with Crippen molar-refractivity contribution in [1.82, 2.24) is 15.0 Å². The molecule has 4 rings (SSSR count). The normalized spacial score (nSPS) is 10.8. The van der Waals surface area contributed by atoms with Crippen molar-refractivity contribution in [3.8, 4) is 34.0 Å². The van der Waals surface area contributed by atoms with Gasteiger partial charge < -0.3 is 16.5 Å². The Kier molecular flexibility index (Phi) is 4.52. The molecule has 0 fully saturated rings. The molecule has 5 N–H and O–H groups in total. The lowest BCUT2D eigenvalue weighted by Gasteiger charge is -2.06. The fourth-order valence-corrected chi connectivity index (χ4v) is 3.01. The molecule has 2 aromatic carbocycles. The number of nitrogen functional groups attached to an aromatic ring is 1. The van der Waals surface area contributed by atoms with Crippen LogP contribution in [-0.4, -0.2) is 20.9 Å². The maximum atomic E-state index is 14.3. The van der Waals surface area contributed by atoms with Gasteiger partial charge in [-0.25, -0.2) is 18.7 Å². The molecule has 4 aromatic rings. The zero-order valence-electron chi connectivity index (χ0n) is 15.0. The molecule has 0 aliphatic rings. The highest BCUT2D eigenvalue weighted by Crippen LogP contribution is 2.34. The number of anilines is 1. The lowest BCUT2D eigenvalue weighted by Crippen LogP contribution is -2.16. The fraction of sp³-hybridized carbons (Fsp3) is 0. The second kappa shape index (κ2) is 7.16. The van der Waals surface area contributed by atoms with Gasteiger partial charge in [-0.15, -0.1) is 0 Å². The molecular weight excluding hydrogens is 376 g/mol. The zero-order chi connectivity index (χ0) is 20.5. The molecule has 0 spiro atoms. The highest BCUT2D eigenvalue weighted by atomic mass is 19.1. The second-order valence-electron chi connectivity index (χ2n) is 6.27. The van der Waals surface area contributed by atoms with Crippen LogP contribution in [0.15, 0.2) is 60.7 Å². The Morgan fingerprint density at radius 2 is 1.59 bits per heavy atom. The van der Waals surface area contributed by atoms with Gasteiger partial charge in [-0.2, -0.15) is 0 Å². The first-order chi connectivity index (χ1) is 14.0. The Morgan fingerprint density at radius 3 is 2.24 bits per heavy atom. The van der Waals surface area contributed by atoms with Gasteiger partial charge in [-0.3, -0.25) is 4.79 Å². The first-order valence-corrected chi connectivity index (χ1v) is 8.62. The summed E-state index contributed by atoms with van der Waals surface area (Å²) in [7, 11) is 0. The molecule has 0 saturated heterocycles. The first-order valence-electron chi connectivity index (χ1n) is 8.62. The molecule has 1 amide bonds. The van der Waals surface area contributed by atoms with Crippen molar-refractivity contribution in [1.29, 1.82) is 0 Å². The molecule has 0 atom stereocenters. The van der Waals surface area contributed by atoms with Crippen LogP contribution in [-0.2, 0) is 0 Å². The number of nitrogens with zero attached hydrogens (tertiary/aromatic N) is 2. The van der Waals surface area contributed by atoms with E-state index in [1.54, 1.807) is 18.2 Å². The van der Waals surface area contributed by atoms with Gasteiger partial charge >= 0.3 is 0 Å². The maximum absolute atomic E-state index is 14.3. The van der Waals surface area contributed by atoms with Gasteiger partial charge in [0.05, 0.1) is 28.3 Å². The predicted molar refractivity (Wildman–Crippen MR) is 106 cm³/mol. The van der Waals surface area contributed by atoms with Crippen LogP contribution in [0.4, 0.5) is 14.5 Å². The average molecular weight is 391 g/mol. The van der Waals surface area contributed by atoms with Gasteiger partial charge in [0.15, 0.2) is 5.69 Å². The van der Waals surface area contributed by atoms with Crippen LogP contribution in [0.1, 0.15) is 10.5 Å². The van der Waals surface area contributed by atoms with Crippen molar-refractivity contribution in [2.45, 2.75) is 0 Å². The second-order valence-corrected chi connectivity index (χ2v) is 6.27. The molecule has 0 aliphatic heterocycles. The zero-order valence-corrected chi connectivity index (χ0v) is 15.0. The molecule has 6 nitrogen and oxygen atoms in total. The van der Waals surface area contributed by atoms with Crippen molar-refractivity contribution in [3.05, 3.63) is 78.0 Å². The van der Waals surface area contributed by atoms with Crippen molar-refractivity contribution >= 4 is 11.6 Å². The Balaban J connectivity index is 1.97. The van der Waals surface area contributed by atoms with E-state index < -0.39 is 17.5 Å². The summed E-state index contributed by atoms with van der Waals surface area (Å²) in [4.78, 5) is 23.2. The molecule has 0 unspecified atom stereocenters. The van der Waals surface area contributed by atoms with Gasteiger partial charge in [-0.05, 0) is 24.3 Å². The predicted octanol–water partition coefficient (Wildman–Crippen LogP) is 3.77. The number of carbonyl (C=O) groups is 1. The van der Waals surface area contributed by atoms with E-state index in [2.05, 4.69) is 15.0 Å². The minimum Gasteiger partial charge on any atom is -0.397 e. The molecule has 0 radical (unpaired) electrons. The van der Waals surface area contributed by atoms with Crippen LogP contribution in [0.3, 0.4) is 0 Å². The summed E-state index contributed by atoms with van der Waals surface area (Å²) >= 11 is 0. The third-order valence-electron chi connectivity index (χ3n) is 4.37. The van der Waals surface area contributed by atoms with E-state index in [0.717, 1.165) is 12.1 Å². The lowest BCUT2D eigenvalue weighted by molar-refractivity contribution is 0.0996. The van der Waals surface area contributed by atoms with Crippen LogP contribution in [0.5, 0.6) is 0 Å². The number of imidazole rings is 1. The van der Waals surface area contributed by atoms with E-state index in [1.807, 2.05) is 18.2 Å². The van der Waals surface area contributed by atoms with Crippen LogP contribution >= 0.6 is 0 Å². The number of benzene rings is 2. The third-order valence-corrected chi connectivity index (χ3v) is 4.37. The number of hydrogen-bond donors (Lipinski definition) is 3. The summed E-state index contributed by atoms with van der Waals surface area (Å²) < 4.78 is 28.6. The average Bonchev–Trinajstić information content (AvgIpc) is 3.13. The lowest BCUT2D eigenvalue weighted by atomic mass is 10.1. The number of halogens is 2. The molecule has 8 heteroatoms. The monoisotopic (exact) mass is 391 g/mol. The summed E-state index contributed by atoms with van der Waals surface area (Å²) in [5, 5.41) is 0. The quantitative estimate of drug-likeness (QED) is 0.492. The number of aromatic amines is 1. The minimum absolute atomic E-state index is 0.00583. The highest BCUT2D eigenvalue weighted by molar-refractivity contribution is 5.96. The summed E-state index contributed by atoms with van der Waals surface area (Å²) in [5.41, 5.74) is 12.6. The molecule has 0 aliphatic carbocycles. The maximum Gasteiger partial charge on any atom is 0.269 e. The summed E-state index contributed by atoms with van der Waals surface area (Å²) in [6, 6.07) is 15.7. The van der Waals surface area contributed by atoms with Crippen molar-refractivity contribution < 1.29 is 13.6 Å². The number of pyridine rings is 1. The number of nitrogens with two attached hydrogens (primary N) is 2. The number of primary amides is 1. The Labute approximate surface area is 164 Å². The number of carbonyl (C=O) groups excluding carboxylic acids is 1. The fourth-order valence-electron chi connectivity index (χ4n) is 3.01. The number of hydrogen-bond acceptors (Lipinski definition) is 4. The molecule has 0 bridgehead atoms. The largest absolute Gasteiger partial charge is 0.397 e. The molecule has 144 valence electrons. The molecule has 29 heavy (non-hydrogen) atoms. The number of H-pyrrole nitrogens is 1. The van der Waals surface area contributed by atoms with E-state index in [4.69, 9.17) is 11.5 Å². The Morgan fingerprint density at radius 1 is 0.897 bits per heavy atom. The van der Waals surface area contributed by atoms with Crippen LogP contribution < -0.4 is 11.5 Å². The summed E-state index contributed by atoms with van der Waals surface area (Å²) in [5.74, 6) is -2.31. The molecular formula is C21H15F2N5O. The van der Waals surface area contributed by atoms with Gasteiger partial charge in [0.1, 0.15) is 17.5 Å². The number of nitrogens with one attached hydrogen (secondary N) is 1. The van der Waals surface area contributed by atoms with Gasteiger partial charge in [0.2, 0.25) is 0 Å². The number of amides is 1.